The summed E-state index contributed by atoms with van der Waals surface area (Å²) < 4.78 is 37.3. The Morgan fingerprint density at radius 3 is 2.20 bits per heavy atom. The summed E-state index contributed by atoms with van der Waals surface area (Å²) in [5.41, 5.74) is -0.689. The second kappa shape index (κ2) is 17.6. The van der Waals surface area contributed by atoms with Crippen molar-refractivity contribution in [3.8, 4) is 17.2 Å². The number of carbonyl (C=O) groups excluding carboxylic acids is 4. The monoisotopic (exact) mass is 639 g/mol. The Bertz CT molecular complexity index is 1130. The number of carbonyl (C=O) groups is 4. The minimum Gasteiger partial charge on any atom is -0.493 e. The standard InChI is InChI=1S/C31H49N3O11/c1-30(2,42-8)12-15-45-31(3,4)18-25(35)32-13-11-26(36)43-20-44-29(38)34-14-9-10-22(19-34)33-28(37)21-16-23(39-5)27(41-7)24(17-21)40-6/h16-17,22H,9-15,18-20H2,1-8H3,(H,32,35)(H,33,37). The topological polar surface area (TPSA) is 160 Å². The summed E-state index contributed by atoms with van der Waals surface area (Å²) in [5, 5.41) is 5.60. The zero-order valence-electron chi connectivity index (χ0n) is 27.7. The number of hydrogen-bond acceptors (Lipinski definition) is 11. The van der Waals surface area contributed by atoms with Crippen molar-refractivity contribution in [1.29, 1.82) is 0 Å². The summed E-state index contributed by atoms with van der Waals surface area (Å²) in [6, 6.07) is 2.77. The fourth-order valence-corrected chi connectivity index (χ4v) is 4.53. The van der Waals surface area contributed by atoms with Gasteiger partial charge in [0.1, 0.15) is 0 Å². The third kappa shape index (κ3) is 12.6. The summed E-state index contributed by atoms with van der Waals surface area (Å²) >= 11 is 0. The average Bonchev–Trinajstić information content (AvgIpc) is 2.99. The highest BCUT2D eigenvalue weighted by molar-refractivity contribution is 5.96. The lowest BCUT2D eigenvalue weighted by Gasteiger charge is -2.32. The van der Waals surface area contributed by atoms with Crippen LogP contribution in [0.1, 0.15) is 70.2 Å². The van der Waals surface area contributed by atoms with E-state index in [0.29, 0.717) is 55.2 Å². The Kier molecular flexibility index (Phi) is 14.7. The quantitative estimate of drug-likeness (QED) is 0.190. The van der Waals surface area contributed by atoms with Crippen LogP contribution in [-0.2, 0) is 28.5 Å². The predicted octanol–water partition coefficient (Wildman–Crippen LogP) is 3.05. The third-order valence-electron chi connectivity index (χ3n) is 7.33. The van der Waals surface area contributed by atoms with Crippen LogP contribution in [0.15, 0.2) is 12.1 Å². The van der Waals surface area contributed by atoms with Gasteiger partial charge < -0.3 is 48.7 Å². The molecule has 0 bridgehead atoms. The first-order chi connectivity index (χ1) is 21.2. The van der Waals surface area contributed by atoms with Gasteiger partial charge in [0.15, 0.2) is 11.5 Å². The summed E-state index contributed by atoms with van der Waals surface area (Å²) in [6.45, 7) is 8.16. The maximum atomic E-state index is 13.0. The second-order valence-electron chi connectivity index (χ2n) is 11.8. The van der Waals surface area contributed by atoms with Crippen LogP contribution in [0, 0.1) is 0 Å². The molecule has 0 radical (unpaired) electrons. The van der Waals surface area contributed by atoms with Crippen molar-refractivity contribution in [2.24, 2.45) is 0 Å². The zero-order chi connectivity index (χ0) is 33.6. The number of benzene rings is 1. The number of esters is 1. The molecule has 45 heavy (non-hydrogen) atoms. The molecule has 1 aromatic carbocycles. The number of amides is 3. The van der Waals surface area contributed by atoms with Gasteiger partial charge >= 0.3 is 12.1 Å². The predicted molar refractivity (Wildman–Crippen MR) is 164 cm³/mol. The van der Waals surface area contributed by atoms with Crippen molar-refractivity contribution in [3.63, 3.8) is 0 Å². The summed E-state index contributed by atoms with van der Waals surface area (Å²) in [6.07, 6.45) is 1.34. The van der Waals surface area contributed by atoms with Gasteiger partial charge in [0.05, 0.1) is 52.0 Å². The number of rotatable bonds is 17. The van der Waals surface area contributed by atoms with Gasteiger partial charge in [0.2, 0.25) is 18.4 Å². The lowest BCUT2D eigenvalue weighted by molar-refractivity contribution is -0.152. The number of methoxy groups -OCH3 is 4. The van der Waals surface area contributed by atoms with E-state index in [1.165, 1.54) is 26.2 Å². The fraction of sp³-hybridized carbons (Fsp3) is 0.677. The maximum Gasteiger partial charge on any atom is 0.412 e. The molecule has 1 unspecified atom stereocenters. The Balaban J connectivity index is 1.71. The molecule has 0 spiro atoms. The van der Waals surface area contributed by atoms with Gasteiger partial charge in [-0.05, 0) is 59.1 Å². The molecule has 2 rings (SSSR count). The molecule has 14 nitrogen and oxygen atoms in total. The third-order valence-corrected chi connectivity index (χ3v) is 7.33. The van der Waals surface area contributed by atoms with Crippen LogP contribution in [0.2, 0.25) is 0 Å². The first kappa shape index (κ1) is 37.4. The van der Waals surface area contributed by atoms with Gasteiger partial charge in [0.25, 0.3) is 5.91 Å². The van der Waals surface area contributed by atoms with E-state index in [2.05, 4.69) is 10.6 Å². The van der Waals surface area contributed by atoms with E-state index < -0.39 is 24.5 Å². The van der Waals surface area contributed by atoms with Gasteiger partial charge in [-0.2, -0.15) is 0 Å². The molecule has 1 heterocycles. The molecule has 0 saturated carbocycles. The molecule has 0 aromatic heterocycles. The molecule has 1 aromatic rings. The van der Waals surface area contributed by atoms with E-state index in [1.807, 2.05) is 27.7 Å². The van der Waals surface area contributed by atoms with Crippen LogP contribution in [0.5, 0.6) is 17.2 Å². The number of hydrogen-bond donors (Lipinski definition) is 2. The summed E-state index contributed by atoms with van der Waals surface area (Å²) in [7, 11) is 6.04. The van der Waals surface area contributed by atoms with E-state index in [4.69, 9.17) is 33.2 Å². The molecular weight excluding hydrogens is 590 g/mol. The van der Waals surface area contributed by atoms with E-state index in [0.717, 1.165) is 0 Å². The molecule has 1 saturated heterocycles. The highest BCUT2D eigenvalue weighted by Gasteiger charge is 2.28. The SMILES string of the molecule is COc1cc(C(=O)NC2CCCN(C(=O)OCOC(=O)CCNC(=O)CC(C)(C)OCCC(C)(C)OC)C2)cc(OC)c1OC. The van der Waals surface area contributed by atoms with Gasteiger partial charge in [-0.3, -0.25) is 14.4 Å². The van der Waals surface area contributed by atoms with Crippen LogP contribution in [0.4, 0.5) is 4.79 Å². The van der Waals surface area contributed by atoms with E-state index in [-0.39, 0.29) is 49.4 Å². The van der Waals surface area contributed by atoms with Crippen LogP contribution >= 0.6 is 0 Å². The van der Waals surface area contributed by atoms with E-state index >= 15 is 0 Å². The molecular formula is C31H49N3O11. The Labute approximate surface area is 265 Å². The molecule has 2 N–H and O–H groups in total. The molecule has 1 aliphatic rings. The van der Waals surface area contributed by atoms with E-state index in [1.54, 1.807) is 19.2 Å². The average molecular weight is 640 g/mol. The normalized spacial score (nSPS) is 15.1. The lowest BCUT2D eigenvalue weighted by atomic mass is 10.0. The number of nitrogens with zero attached hydrogens (tertiary/aromatic N) is 1. The van der Waals surface area contributed by atoms with Gasteiger partial charge in [-0.1, -0.05) is 0 Å². The summed E-state index contributed by atoms with van der Waals surface area (Å²) in [5.74, 6) is -0.188. The maximum absolute atomic E-state index is 13.0. The minimum absolute atomic E-state index is 0.0673. The van der Waals surface area contributed by atoms with Crippen LogP contribution < -0.4 is 24.8 Å². The number of likely N-dealkylation sites (tertiary alicyclic amines) is 1. The molecule has 1 fully saturated rings. The Hall–Kier alpha value is -3.78. The molecule has 14 heteroatoms. The van der Waals surface area contributed by atoms with E-state index in [9.17, 15) is 19.2 Å². The highest BCUT2D eigenvalue weighted by atomic mass is 16.7. The van der Waals surface area contributed by atoms with Crippen molar-refractivity contribution < 1.29 is 52.3 Å². The molecule has 3 amide bonds. The van der Waals surface area contributed by atoms with Crippen LogP contribution in [0.25, 0.3) is 0 Å². The molecule has 254 valence electrons. The van der Waals surface area contributed by atoms with Crippen molar-refractivity contribution in [2.75, 3.05) is 61.5 Å². The van der Waals surface area contributed by atoms with Gasteiger partial charge in [0, 0.05) is 38.3 Å². The number of nitrogens with one attached hydrogen (secondary N) is 2. The van der Waals surface area contributed by atoms with Crippen molar-refractivity contribution in [2.45, 2.75) is 77.0 Å². The molecule has 0 aliphatic carbocycles. The van der Waals surface area contributed by atoms with Gasteiger partial charge in [-0.25, -0.2) is 4.79 Å². The van der Waals surface area contributed by atoms with Crippen molar-refractivity contribution >= 4 is 23.9 Å². The van der Waals surface area contributed by atoms with Gasteiger partial charge in [-0.15, -0.1) is 0 Å². The largest absolute Gasteiger partial charge is 0.493 e. The smallest absolute Gasteiger partial charge is 0.412 e. The Morgan fingerprint density at radius 1 is 0.933 bits per heavy atom. The van der Waals surface area contributed by atoms with Crippen molar-refractivity contribution in [1.82, 2.24) is 15.5 Å². The minimum atomic E-state index is -0.685. The molecule has 1 aliphatic heterocycles. The fourth-order valence-electron chi connectivity index (χ4n) is 4.53. The highest BCUT2D eigenvalue weighted by Crippen LogP contribution is 2.38. The van der Waals surface area contributed by atoms with Crippen molar-refractivity contribution in [3.05, 3.63) is 17.7 Å². The molecule has 1 atom stereocenters. The lowest BCUT2D eigenvalue weighted by Crippen LogP contribution is -2.49. The first-order valence-electron chi connectivity index (χ1n) is 14.9. The Morgan fingerprint density at radius 2 is 1.60 bits per heavy atom. The zero-order valence-corrected chi connectivity index (χ0v) is 27.7. The first-order valence-corrected chi connectivity index (χ1v) is 14.9. The second-order valence-corrected chi connectivity index (χ2v) is 11.8. The number of ether oxygens (including phenoxy) is 7. The van der Waals surface area contributed by atoms with Crippen LogP contribution in [0.3, 0.4) is 0 Å². The summed E-state index contributed by atoms with van der Waals surface area (Å²) in [4.78, 5) is 51.4. The number of piperidine rings is 1. The van der Waals surface area contributed by atoms with Crippen LogP contribution in [-0.4, -0.2) is 107 Å².